The Kier molecular flexibility index (Phi) is 4.91. The third-order valence-electron chi connectivity index (χ3n) is 3.81. The van der Waals surface area contributed by atoms with Crippen molar-refractivity contribution in [1.82, 2.24) is 19.5 Å². The van der Waals surface area contributed by atoms with Crippen LogP contribution in [0.4, 0.5) is 5.82 Å². The second-order valence-corrected chi connectivity index (χ2v) is 5.86. The van der Waals surface area contributed by atoms with E-state index < -0.39 is 43.1 Å². The molecule has 3 atom stereocenters. The summed E-state index contributed by atoms with van der Waals surface area (Å²) >= 11 is 5.80. The highest BCUT2D eigenvalue weighted by molar-refractivity contribution is 6.28. The lowest BCUT2D eigenvalue weighted by molar-refractivity contribution is -0.170. The number of nitrogens with zero attached hydrogens (tertiary/aromatic N) is 4. The third kappa shape index (κ3) is 3.39. The standard InChI is InChI=1S/C13H14ClN5O7/c14-13-17-9(15)7-10(18-13)19(3-16-7)6-1-4(20)5(26-6)2-25-8(11(21)22)12(23)24/h3-6,8,20H,1-2H2,(H,21,22)(H,23,24)(H2,15,17,18)/t4-,5+,6+/m0/s1. The Balaban J connectivity index is 1.75. The molecule has 0 radical (unpaired) electrons. The number of nitrogen functional groups attached to an aromatic ring is 1. The zero-order chi connectivity index (χ0) is 19.0. The van der Waals surface area contributed by atoms with Crippen LogP contribution in [0.25, 0.3) is 11.2 Å². The number of anilines is 1. The number of hydrogen-bond donors (Lipinski definition) is 4. The zero-order valence-electron chi connectivity index (χ0n) is 13.0. The normalized spacial score (nSPS) is 23.0. The van der Waals surface area contributed by atoms with Gasteiger partial charge < -0.3 is 30.5 Å². The fraction of sp³-hybridized carbons (Fsp3) is 0.462. The first-order valence-electron chi connectivity index (χ1n) is 7.34. The predicted molar refractivity (Wildman–Crippen MR) is 84.3 cm³/mol. The molecule has 2 aromatic heterocycles. The summed E-state index contributed by atoms with van der Waals surface area (Å²) in [5.74, 6) is -3.21. The third-order valence-corrected chi connectivity index (χ3v) is 3.98. The molecule has 0 unspecified atom stereocenters. The Bertz CT molecular complexity index is 845. The molecule has 140 valence electrons. The van der Waals surface area contributed by atoms with Gasteiger partial charge in [-0.25, -0.2) is 14.6 Å². The highest BCUT2D eigenvalue weighted by Crippen LogP contribution is 2.32. The number of aliphatic hydroxyl groups is 1. The van der Waals surface area contributed by atoms with Gasteiger partial charge in [0.2, 0.25) is 5.28 Å². The lowest BCUT2D eigenvalue weighted by Gasteiger charge is -2.17. The largest absolute Gasteiger partial charge is 0.479 e. The molecule has 1 saturated heterocycles. The average molecular weight is 388 g/mol. The van der Waals surface area contributed by atoms with Crippen molar-refractivity contribution < 1.29 is 34.4 Å². The number of halogens is 1. The average Bonchev–Trinajstić information content (AvgIpc) is 3.10. The first-order valence-corrected chi connectivity index (χ1v) is 7.72. The Hall–Kier alpha value is -2.54. The van der Waals surface area contributed by atoms with Crippen LogP contribution in [0.1, 0.15) is 12.6 Å². The van der Waals surface area contributed by atoms with Crippen molar-refractivity contribution in [1.29, 1.82) is 0 Å². The van der Waals surface area contributed by atoms with Crippen molar-refractivity contribution in [3.05, 3.63) is 11.6 Å². The number of imidazole rings is 1. The number of aliphatic hydroxyl groups excluding tert-OH is 1. The smallest absolute Gasteiger partial charge is 0.344 e. The van der Waals surface area contributed by atoms with Crippen molar-refractivity contribution in [2.24, 2.45) is 0 Å². The monoisotopic (exact) mass is 387 g/mol. The minimum atomic E-state index is -2.05. The van der Waals surface area contributed by atoms with Crippen LogP contribution >= 0.6 is 11.6 Å². The molecule has 5 N–H and O–H groups in total. The van der Waals surface area contributed by atoms with Crippen LogP contribution in [-0.2, 0) is 19.1 Å². The second kappa shape index (κ2) is 6.99. The molecular weight excluding hydrogens is 374 g/mol. The highest BCUT2D eigenvalue weighted by atomic mass is 35.5. The van der Waals surface area contributed by atoms with E-state index in [0.29, 0.717) is 11.2 Å². The van der Waals surface area contributed by atoms with Gasteiger partial charge in [-0.3, -0.25) is 4.57 Å². The van der Waals surface area contributed by atoms with E-state index >= 15 is 0 Å². The molecule has 1 aliphatic rings. The molecular formula is C13H14ClN5O7. The Labute approximate surface area is 150 Å². The fourth-order valence-electron chi connectivity index (χ4n) is 2.60. The minimum absolute atomic E-state index is 0.0825. The fourth-order valence-corrected chi connectivity index (χ4v) is 2.77. The van der Waals surface area contributed by atoms with Crippen LogP contribution in [0, 0.1) is 0 Å². The van der Waals surface area contributed by atoms with Crippen molar-refractivity contribution >= 4 is 40.5 Å². The van der Waals surface area contributed by atoms with Crippen LogP contribution in [0.5, 0.6) is 0 Å². The summed E-state index contributed by atoms with van der Waals surface area (Å²) in [5, 5.41) is 27.6. The summed E-state index contributed by atoms with van der Waals surface area (Å²) in [6, 6.07) is 0. The lowest BCUT2D eigenvalue weighted by atomic mass is 10.2. The van der Waals surface area contributed by atoms with E-state index in [1.165, 1.54) is 10.9 Å². The zero-order valence-corrected chi connectivity index (χ0v) is 13.8. The van der Waals surface area contributed by atoms with Gasteiger partial charge in [-0.15, -0.1) is 0 Å². The molecule has 0 aromatic carbocycles. The number of aromatic nitrogens is 4. The number of rotatable bonds is 6. The maximum atomic E-state index is 10.8. The SMILES string of the molecule is Nc1nc(Cl)nc2c1ncn2[C@H]1C[C@H](O)[C@@H](COC(C(=O)O)C(=O)O)O1. The van der Waals surface area contributed by atoms with Crippen LogP contribution in [0.15, 0.2) is 6.33 Å². The van der Waals surface area contributed by atoms with Gasteiger partial charge in [0, 0.05) is 6.42 Å². The summed E-state index contributed by atoms with van der Waals surface area (Å²) in [4.78, 5) is 33.6. The molecule has 26 heavy (non-hydrogen) atoms. The van der Waals surface area contributed by atoms with Crippen LogP contribution in [0.2, 0.25) is 5.28 Å². The van der Waals surface area contributed by atoms with E-state index in [4.69, 9.17) is 37.0 Å². The van der Waals surface area contributed by atoms with Crippen LogP contribution in [0.3, 0.4) is 0 Å². The van der Waals surface area contributed by atoms with Gasteiger partial charge >= 0.3 is 11.9 Å². The molecule has 0 aliphatic carbocycles. The molecule has 0 spiro atoms. The van der Waals surface area contributed by atoms with E-state index in [1.54, 1.807) is 0 Å². The summed E-state index contributed by atoms with van der Waals surface area (Å²) in [7, 11) is 0. The molecule has 2 aromatic rings. The number of carboxylic acids is 2. The number of carbonyl (C=O) groups is 2. The van der Waals surface area contributed by atoms with Crippen LogP contribution < -0.4 is 5.73 Å². The summed E-state index contributed by atoms with van der Waals surface area (Å²) in [5.41, 5.74) is 6.34. The van der Waals surface area contributed by atoms with Gasteiger partial charge in [-0.05, 0) is 11.6 Å². The predicted octanol–water partition coefficient (Wildman–Crippen LogP) is -0.735. The first-order chi connectivity index (χ1) is 12.3. The van der Waals surface area contributed by atoms with Crippen molar-refractivity contribution in [3.8, 4) is 0 Å². The molecule has 3 heterocycles. The van der Waals surface area contributed by atoms with Crippen molar-refractivity contribution in [3.63, 3.8) is 0 Å². The van der Waals surface area contributed by atoms with Gasteiger partial charge in [-0.1, -0.05) is 0 Å². The molecule has 3 rings (SSSR count). The summed E-state index contributed by atoms with van der Waals surface area (Å²) < 4.78 is 12.0. The molecule has 12 nitrogen and oxygen atoms in total. The maximum Gasteiger partial charge on any atom is 0.344 e. The molecule has 13 heteroatoms. The quantitative estimate of drug-likeness (QED) is 0.361. The van der Waals surface area contributed by atoms with Crippen LogP contribution in [-0.4, -0.2) is 71.7 Å². The Morgan fingerprint density at radius 2 is 2.12 bits per heavy atom. The molecule has 0 amide bonds. The number of carboxylic acid groups (broad SMARTS) is 2. The number of fused-ring (bicyclic) bond motifs is 1. The van der Waals surface area contributed by atoms with E-state index in [9.17, 15) is 14.7 Å². The molecule has 0 saturated carbocycles. The Morgan fingerprint density at radius 3 is 2.77 bits per heavy atom. The van der Waals surface area contributed by atoms with Gasteiger partial charge in [0.1, 0.15) is 17.8 Å². The number of hydrogen-bond acceptors (Lipinski definition) is 9. The molecule has 0 bridgehead atoms. The number of aliphatic carboxylic acids is 2. The van der Waals surface area contributed by atoms with Gasteiger partial charge in [-0.2, -0.15) is 9.97 Å². The minimum Gasteiger partial charge on any atom is -0.479 e. The second-order valence-electron chi connectivity index (χ2n) is 5.52. The number of nitrogens with two attached hydrogens (primary N) is 1. The maximum absolute atomic E-state index is 10.8. The van der Waals surface area contributed by atoms with Crippen molar-refractivity contribution in [2.45, 2.75) is 31.0 Å². The summed E-state index contributed by atoms with van der Waals surface area (Å²) in [6.07, 6.45) is -3.20. The number of ether oxygens (including phenoxy) is 2. The van der Waals surface area contributed by atoms with Gasteiger partial charge in [0.05, 0.1) is 19.0 Å². The molecule has 1 aliphatic heterocycles. The molecule has 1 fully saturated rings. The van der Waals surface area contributed by atoms with Crippen molar-refractivity contribution in [2.75, 3.05) is 12.3 Å². The van der Waals surface area contributed by atoms with Gasteiger partial charge in [0.25, 0.3) is 6.10 Å². The topological polar surface area (TPSA) is 183 Å². The first kappa shape index (κ1) is 18.3. The van der Waals surface area contributed by atoms with Gasteiger partial charge in [0.15, 0.2) is 11.5 Å². The van der Waals surface area contributed by atoms with E-state index in [-0.39, 0.29) is 17.5 Å². The highest BCUT2D eigenvalue weighted by Gasteiger charge is 2.38. The lowest BCUT2D eigenvalue weighted by Crippen LogP contribution is -2.37. The van der Waals surface area contributed by atoms with E-state index in [0.717, 1.165) is 0 Å². The van der Waals surface area contributed by atoms with E-state index in [2.05, 4.69) is 15.0 Å². The Morgan fingerprint density at radius 1 is 1.42 bits per heavy atom. The van der Waals surface area contributed by atoms with E-state index in [1.807, 2.05) is 0 Å². The summed E-state index contributed by atoms with van der Waals surface area (Å²) in [6.45, 7) is -0.425.